The predicted octanol–water partition coefficient (Wildman–Crippen LogP) is 2.20. The predicted molar refractivity (Wildman–Crippen MR) is 68.2 cm³/mol. The van der Waals surface area contributed by atoms with Gasteiger partial charge in [0.05, 0.1) is 5.25 Å². The lowest BCUT2D eigenvalue weighted by atomic mass is 10.1. The van der Waals surface area contributed by atoms with Crippen LogP contribution in [0.3, 0.4) is 0 Å². The van der Waals surface area contributed by atoms with Gasteiger partial charge in [0, 0.05) is 11.8 Å². The lowest BCUT2D eigenvalue weighted by molar-refractivity contribution is -0.121. The van der Waals surface area contributed by atoms with Gasteiger partial charge < -0.3 is 5.32 Å². The van der Waals surface area contributed by atoms with E-state index in [-0.39, 0.29) is 17.1 Å². The number of carbonyl (C=O) groups is 1. The van der Waals surface area contributed by atoms with E-state index >= 15 is 0 Å². The summed E-state index contributed by atoms with van der Waals surface area (Å²) >= 11 is 6.07. The Kier molecular flexibility index (Phi) is 7.55. The van der Waals surface area contributed by atoms with Crippen LogP contribution in [0, 0.1) is 5.92 Å². The number of nitrogens with one attached hydrogen (secondary N) is 1. The largest absolute Gasteiger partial charge is 0.355 e. The molecule has 14 heavy (non-hydrogen) atoms. The molecule has 0 saturated heterocycles. The van der Waals surface area contributed by atoms with Crippen molar-refractivity contribution in [2.75, 3.05) is 12.8 Å². The molecule has 2 atom stereocenters. The van der Waals surface area contributed by atoms with E-state index in [1.54, 1.807) is 0 Å². The van der Waals surface area contributed by atoms with Crippen LogP contribution in [0.1, 0.15) is 27.2 Å². The Morgan fingerprint density at radius 3 is 2.43 bits per heavy atom. The number of carbonyl (C=O) groups excluding carboxylic acids is 1. The summed E-state index contributed by atoms with van der Waals surface area (Å²) in [7, 11) is 0. The number of hydrogen-bond donors (Lipinski definition) is 2. The van der Waals surface area contributed by atoms with E-state index in [4.69, 9.17) is 0 Å². The summed E-state index contributed by atoms with van der Waals surface area (Å²) in [5.74, 6) is 0.341. The highest BCUT2D eigenvalue weighted by Gasteiger charge is 2.16. The molecule has 0 aliphatic heterocycles. The molecule has 0 aliphatic rings. The summed E-state index contributed by atoms with van der Waals surface area (Å²) in [4.78, 5) is 11.5. The molecule has 0 aliphatic carbocycles. The van der Waals surface area contributed by atoms with Crippen molar-refractivity contribution in [2.45, 2.75) is 37.7 Å². The van der Waals surface area contributed by atoms with E-state index in [0.29, 0.717) is 5.25 Å². The van der Waals surface area contributed by atoms with Crippen molar-refractivity contribution >= 4 is 30.3 Å². The van der Waals surface area contributed by atoms with E-state index in [1.165, 1.54) is 0 Å². The average Bonchev–Trinajstić information content (AvgIpc) is 2.15. The molecule has 2 nitrogen and oxygen atoms in total. The van der Waals surface area contributed by atoms with E-state index < -0.39 is 0 Å². The first kappa shape index (κ1) is 14.2. The zero-order chi connectivity index (χ0) is 11.1. The van der Waals surface area contributed by atoms with Gasteiger partial charge >= 0.3 is 0 Å². The summed E-state index contributed by atoms with van der Waals surface area (Å²) in [5, 5.41) is 3.32. The van der Waals surface area contributed by atoms with Crippen molar-refractivity contribution in [1.82, 2.24) is 5.32 Å². The van der Waals surface area contributed by atoms with Gasteiger partial charge in [0.2, 0.25) is 5.91 Å². The van der Waals surface area contributed by atoms with Crippen LogP contribution in [-0.2, 0) is 4.79 Å². The first-order valence-corrected chi connectivity index (χ1v) is 6.78. The van der Waals surface area contributed by atoms with E-state index in [9.17, 15) is 4.79 Å². The van der Waals surface area contributed by atoms with Gasteiger partial charge in [0.25, 0.3) is 0 Å². The number of rotatable bonds is 6. The summed E-state index contributed by atoms with van der Waals surface area (Å²) in [6.45, 7) is 6.92. The molecule has 0 aromatic carbocycles. The van der Waals surface area contributed by atoms with Crippen molar-refractivity contribution in [3.63, 3.8) is 0 Å². The Balaban J connectivity index is 3.64. The molecular formula is C10H21NOS2. The second-order valence-electron chi connectivity index (χ2n) is 3.81. The zero-order valence-electron chi connectivity index (χ0n) is 9.41. The Morgan fingerprint density at radius 2 is 2.00 bits per heavy atom. The second-order valence-corrected chi connectivity index (χ2v) is 5.65. The first-order chi connectivity index (χ1) is 6.49. The van der Waals surface area contributed by atoms with E-state index in [1.807, 2.05) is 25.6 Å². The Bertz CT molecular complexity index is 174. The molecule has 0 fully saturated rings. The van der Waals surface area contributed by atoms with E-state index in [2.05, 4.69) is 31.1 Å². The molecule has 1 N–H and O–H groups in total. The van der Waals surface area contributed by atoms with Gasteiger partial charge in [0.1, 0.15) is 0 Å². The highest BCUT2D eigenvalue weighted by atomic mass is 32.2. The van der Waals surface area contributed by atoms with Crippen LogP contribution >= 0.6 is 24.4 Å². The molecule has 0 rings (SSSR count). The monoisotopic (exact) mass is 235 g/mol. The number of hydrogen-bond acceptors (Lipinski definition) is 3. The van der Waals surface area contributed by atoms with Crippen molar-refractivity contribution in [1.29, 1.82) is 0 Å². The van der Waals surface area contributed by atoms with Gasteiger partial charge in [-0.3, -0.25) is 4.79 Å². The van der Waals surface area contributed by atoms with Gasteiger partial charge in [-0.2, -0.15) is 24.4 Å². The lowest BCUT2D eigenvalue weighted by Crippen LogP contribution is -2.35. The quantitative estimate of drug-likeness (QED) is 0.691. The van der Waals surface area contributed by atoms with E-state index in [0.717, 1.165) is 13.0 Å². The molecule has 1 amide bonds. The molecule has 0 saturated carbocycles. The van der Waals surface area contributed by atoms with Crippen LogP contribution < -0.4 is 5.32 Å². The smallest absolute Gasteiger partial charge is 0.233 e. The third-order valence-electron chi connectivity index (χ3n) is 2.15. The van der Waals surface area contributed by atoms with Crippen LogP contribution in [0.25, 0.3) is 0 Å². The topological polar surface area (TPSA) is 29.1 Å². The molecule has 0 aromatic rings. The summed E-state index contributed by atoms with van der Waals surface area (Å²) in [5.41, 5.74) is 0. The first-order valence-electron chi connectivity index (χ1n) is 4.97. The van der Waals surface area contributed by atoms with Crippen LogP contribution in [0.5, 0.6) is 0 Å². The van der Waals surface area contributed by atoms with Gasteiger partial charge in [-0.15, -0.1) is 0 Å². The SMILES string of the molecule is CSC(C)CCNC(=O)C(S)C(C)C. The van der Waals surface area contributed by atoms with Gasteiger partial charge in [-0.05, 0) is 18.6 Å². The normalized spacial score (nSPS) is 15.3. The Morgan fingerprint density at radius 1 is 1.43 bits per heavy atom. The molecule has 84 valence electrons. The van der Waals surface area contributed by atoms with Crippen molar-refractivity contribution < 1.29 is 4.79 Å². The maximum absolute atomic E-state index is 11.5. The van der Waals surface area contributed by atoms with Crippen LogP contribution in [0.4, 0.5) is 0 Å². The highest BCUT2D eigenvalue weighted by Crippen LogP contribution is 2.10. The fourth-order valence-corrected chi connectivity index (χ4v) is 1.37. The lowest BCUT2D eigenvalue weighted by Gasteiger charge is -2.15. The Hall–Kier alpha value is 0.170. The number of thioether (sulfide) groups is 1. The van der Waals surface area contributed by atoms with Crippen molar-refractivity contribution in [3.8, 4) is 0 Å². The summed E-state index contributed by atoms with van der Waals surface area (Å²) in [6, 6.07) is 0. The highest BCUT2D eigenvalue weighted by molar-refractivity contribution is 7.99. The minimum absolute atomic E-state index is 0.0524. The van der Waals surface area contributed by atoms with Gasteiger partial charge in [-0.1, -0.05) is 20.8 Å². The third-order valence-corrected chi connectivity index (χ3v) is 4.02. The summed E-state index contributed by atoms with van der Waals surface area (Å²) in [6.07, 6.45) is 3.10. The maximum Gasteiger partial charge on any atom is 0.233 e. The van der Waals surface area contributed by atoms with Gasteiger partial charge in [-0.25, -0.2) is 0 Å². The number of amides is 1. The molecule has 0 heterocycles. The second kappa shape index (κ2) is 7.46. The van der Waals surface area contributed by atoms with Crippen LogP contribution in [0.2, 0.25) is 0 Å². The molecule has 2 unspecified atom stereocenters. The minimum Gasteiger partial charge on any atom is -0.355 e. The maximum atomic E-state index is 11.5. The Labute approximate surface area is 97.0 Å². The molecule has 0 aromatic heterocycles. The average molecular weight is 235 g/mol. The number of thiol groups is 1. The minimum atomic E-state index is -0.181. The molecule has 0 spiro atoms. The van der Waals surface area contributed by atoms with Crippen molar-refractivity contribution in [3.05, 3.63) is 0 Å². The molecular weight excluding hydrogens is 214 g/mol. The molecule has 0 radical (unpaired) electrons. The standard InChI is InChI=1S/C10H21NOS2/c1-7(2)9(13)10(12)11-6-5-8(3)14-4/h7-9,13H,5-6H2,1-4H3,(H,11,12). The fourth-order valence-electron chi connectivity index (χ4n) is 0.924. The third kappa shape index (κ3) is 5.81. The fraction of sp³-hybridized carbons (Fsp3) is 0.900. The summed E-state index contributed by atoms with van der Waals surface area (Å²) < 4.78 is 0. The molecule has 4 heteroatoms. The van der Waals surface area contributed by atoms with Gasteiger partial charge in [0.15, 0.2) is 0 Å². The van der Waals surface area contributed by atoms with Crippen molar-refractivity contribution in [2.24, 2.45) is 5.92 Å². The molecule has 0 bridgehead atoms. The zero-order valence-corrected chi connectivity index (χ0v) is 11.1. The van der Waals surface area contributed by atoms with Crippen LogP contribution in [-0.4, -0.2) is 29.2 Å². The van der Waals surface area contributed by atoms with Crippen LogP contribution in [0.15, 0.2) is 0 Å².